The maximum absolute atomic E-state index is 12.3. The molecule has 118 valence electrons. The highest BCUT2D eigenvalue weighted by atomic mass is 16.4. The van der Waals surface area contributed by atoms with E-state index in [9.17, 15) is 14.7 Å². The highest BCUT2D eigenvalue weighted by Gasteiger charge is 2.30. The van der Waals surface area contributed by atoms with Gasteiger partial charge in [-0.3, -0.25) is 9.48 Å². The third-order valence-corrected chi connectivity index (χ3v) is 3.40. The van der Waals surface area contributed by atoms with Crippen molar-refractivity contribution in [1.29, 1.82) is 0 Å². The number of hydrogen-bond acceptors (Lipinski definition) is 4. The largest absolute Gasteiger partial charge is 0.479 e. The third kappa shape index (κ3) is 2.88. The van der Waals surface area contributed by atoms with Crippen LogP contribution in [0, 0.1) is 0 Å². The fourth-order valence-electron chi connectivity index (χ4n) is 1.95. The minimum Gasteiger partial charge on any atom is -0.479 e. The van der Waals surface area contributed by atoms with Crippen molar-refractivity contribution < 1.29 is 19.1 Å². The van der Waals surface area contributed by atoms with Crippen molar-refractivity contribution in [3.05, 3.63) is 36.0 Å². The molecular weight excluding hydrogens is 286 g/mol. The molecule has 0 aliphatic carbocycles. The maximum atomic E-state index is 12.3. The van der Waals surface area contributed by atoms with Gasteiger partial charge in [0.1, 0.15) is 5.76 Å². The zero-order valence-electron chi connectivity index (χ0n) is 13.0. The molecule has 0 fully saturated rings. The lowest BCUT2D eigenvalue weighted by molar-refractivity contribution is -0.146. The molecule has 2 aromatic heterocycles. The summed E-state index contributed by atoms with van der Waals surface area (Å²) in [6.45, 7) is 6.92. The molecule has 2 aromatic rings. The number of amides is 1. The van der Waals surface area contributed by atoms with Crippen LogP contribution >= 0.6 is 0 Å². The van der Waals surface area contributed by atoms with Gasteiger partial charge in [-0.05, 0) is 19.9 Å². The van der Waals surface area contributed by atoms with Gasteiger partial charge in [-0.25, -0.2) is 4.79 Å². The Balaban J connectivity index is 2.18. The Bertz CT molecular complexity index is 697. The van der Waals surface area contributed by atoms with Gasteiger partial charge < -0.3 is 14.8 Å². The molecule has 2 rings (SSSR count). The van der Waals surface area contributed by atoms with Crippen LogP contribution in [-0.2, 0) is 10.3 Å². The number of aromatic nitrogens is 2. The summed E-state index contributed by atoms with van der Waals surface area (Å²) < 4.78 is 6.61. The van der Waals surface area contributed by atoms with Gasteiger partial charge in [0.2, 0.25) is 0 Å². The SMILES string of the molecule is CC(C)c1occc1C(=O)Nc1cnn(C(C)(C)C(=O)O)c1. The molecule has 0 saturated carbocycles. The first-order chi connectivity index (χ1) is 10.2. The number of carbonyl (C=O) groups is 2. The number of carboxylic acids is 1. The van der Waals surface area contributed by atoms with E-state index in [0.29, 0.717) is 17.0 Å². The van der Waals surface area contributed by atoms with Crippen molar-refractivity contribution in [2.75, 3.05) is 5.32 Å². The lowest BCUT2D eigenvalue weighted by atomic mass is 10.1. The van der Waals surface area contributed by atoms with E-state index in [0.717, 1.165) is 0 Å². The van der Waals surface area contributed by atoms with E-state index in [4.69, 9.17) is 4.42 Å². The summed E-state index contributed by atoms with van der Waals surface area (Å²) in [7, 11) is 0. The molecule has 0 aliphatic heterocycles. The lowest BCUT2D eigenvalue weighted by Crippen LogP contribution is -2.35. The van der Waals surface area contributed by atoms with E-state index in [1.807, 2.05) is 13.8 Å². The van der Waals surface area contributed by atoms with E-state index in [-0.39, 0.29) is 11.8 Å². The van der Waals surface area contributed by atoms with Gasteiger partial charge >= 0.3 is 5.97 Å². The van der Waals surface area contributed by atoms with Crippen LogP contribution in [-0.4, -0.2) is 26.8 Å². The summed E-state index contributed by atoms with van der Waals surface area (Å²) in [6, 6.07) is 1.61. The molecule has 7 nitrogen and oxygen atoms in total. The van der Waals surface area contributed by atoms with Crippen molar-refractivity contribution in [3.63, 3.8) is 0 Å². The van der Waals surface area contributed by atoms with Crippen LogP contribution in [0.3, 0.4) is 0 Å². The summed E-state index contributed by atoms with van der Waals surface area (Å²) in [6.07, 6.45) is 4.38. The fourth-order valence-corrected chi connectivity index (χ4v) is 1.95. The molecule has 1 amide bonds. The molecule has 0 bridgehead atoms. The number of furan rings is 1. The predicted molar refractivity (Wildman–Crippen MR) is 79.9 cm³/mol. The summed E-state index contributed by atoms with van der Waals surface area (Å²) in [4.78, 5) is 23.5. The summed E-state index contributed by atoms with van der Waals surface area (Å²) in [5.41, 5.74) is -0.308. The molecule has 0 aromatic carbocycles. The molecule has 7 heteroatoms. The Labute approximate surface area is 127 Å². The van der Waals surface area contributed by atoms with Crippen LogP contribution in [0.1, 0.15) is 49.7 Å². The topological polar surface area (TPSA) is 97.4 Å². The quantitative estimate of drug-likeness (QED) is 0.885. The smallest absolute Gasteiger partial charge is 0.331 e. The predicted octanol–water partition coefficient (Wildman–Crippen LogP) is 2.67. The molecule has 0 radical (unpaired) electrons. The second-order valence-corrected chi connectivity index (χ2v) is 5.85. The van der Waals surface area contributed by atoms with Gasteiger partial charge in [0.25, 0.3) is 5.91 Å². The van der Waals surface area contributed by atoms with Gasteiger partial charge in [0.15, 0.2) is 5.54 Å². The first-order valence-corrected chi connectivity index (χ1v) is 6.90. The van der Waals surface area contributed by atoms with Gasteiger partial charge in [0, 0.05) is 12.1 Å². The van der Waals surface area contributed by atoms with Crippen molar-refractivity contribution in [2.45, 2.75) is 39.2 Å². The number of carboxylic acid groups (broad SMARTS) is 1. The number of rotatable bonds is 5. The highest BCUT2D eigenvalue weighted by molar-refractivity contribution is 6.04. The number of nitrogens with zero attached hydrogens (tertiary/aromatic N) is 2. The average molecular weight is 305 g/mol. The zero-order valence-corrected chi connectivity index (χ0v) is 13.0. The van der Waals surface area contributed by atoms with Crippen LogP contribution in [0.4, 0.5) is 5.69 Å². The fraction of sp³-hybridized carbons (Fsp3) is 0.400. The van der Waals surface area contributed by atoms with Crippen molar-refractivity contribution in [2.24, 2.45) is 0 Å². The molecule has 0 atom stereocenters. The molecular formula is C15H19N3O4. The molecule has 2 heterocycles. The summed E-state index contributed by atoms with van der Waals surface area (Å²) in [5, 5.41) is 15.9. The van der Waals surface area contributed by atoms with Crippen LogP contribution in [0.2, 0.25) is 0 Å². The van der Waals surface area contributed by atoms with Gasteiger partial charge in [-0.1, -0.05) is 13.8 Å². The average Bonchev–Trinajstić information content (AvgIpc) is 3.06. The molecule has 0 spiro atoms. The second kappa shape index (κ2) is 5.67. The normalized spacial score (nSPS) is 11.7. The van der Waals surface area contributed by atoms with Crippen molar-refractivity contribution >= 4 is 17.6 Å². The van der Waals surface area contributed by atoms with Crippen LogP contribution in [0.15, 0.2) is 29.1 Å². The van der Waals surface area contributed by atoms with E-state index >= 15 is 0 Å². The second-order valence-electron chi connectivity index (χ2n) is 5.85. The highest BCUT2D eigenvalue weighted by Crippen LogP contribution is 2.22. The molecule has 2 N–H and O–H groups in total. The number of nitrogens with one attached hydrogen (secondary N) is 1. The Hall–Kier alpha value is -2.57. The Morgan fingerprint density at radius 2 is 2.09 bits per heavy atom. The van der Waals surface area contributed by atoms with E-state index in [1.54, 1.807) is 6.07 Å². The van der Waals surface area contributed by atoms with Gasteiger partial charge in [0.05, 0.1) is 23.7 Å². The standard InChI is InChI=1S/C15H19N3O4/c1-9(2)12-11(5-6-22-12)13(19)17-10-7-16-18(8-10)15(3,4)14(20)21/h5-9H,1-4H3,(H,17,19)(H,20,21). The Kier molecular flexibility index (Phi) is 4.07. The molecule has 0 aliphatic rings. The first-order valence-electron chi connectivity index (χ1n) is 6.90. The summed E-state index contributed by atoms with van der Waals surface area (Å²) >= 11 is 0. The van der Waals surface area contributed by atoms with Crippen molar-refractivity contribution in [1.82, 2.24) is 9.78 Å². The monoisotopic (exact) mass is 305 g/mol. The Morgan fingerprint density at radius 1 is 1.41 bits per heavy atom. The van der Waals surface area contributed by atoms with Crippen LogP contribution in [0.25, 0.3) is 0 Å². The number of hydrogen-bond donors (Lipinski definition) is 2. The van der Waals surface area contributed by atoms with Crippen LogP contribution in [0.5, 0.6) is 0 Å². The van der Waals surface area contributed by atoms with Crippen LogP contribution < -0.4 is 5.32 Å². The minimum atomic E-state index is -1.19. The van der Waals surface area contributed by atoms with E-state index in [2.05, 4.69) is 10.4 Å². The van der Waals surface area contributed by atoms with Crippen molar-refractivity contribution in [3.8, 4) is 0 Å². The van der Waals surface area contributed by atoms with Gasteiger partial charge in [-0.15, -0.1) is 0 Å². The number of anilines is 1. The Morgan fingerprint density at radius 3 is 2.68 bits per heavy atom. The third-order valence-electron chi connectivity index (χ3n) is 3.40. The zero-order chi connectivity index (χ0) is 16.5. The van der Waals surface area contributed by atoms with Gasteiger partial charge in [-0.2, -0.15) is 5.10 Å². The molecule has 0 unspecified atom stereocenters. The van der Waals surface area contributed by atoms with E-state index < -0.39 is 11.5 Å². The first kappa shape index (κ1) is 15.8. The lowest BCUT2D eigenvalue weighted by Gasteiger charge is -2.19. The number of carbonyl (C=O) groups excluding carboxylic acids is 1. The summed E-state index contributed by atoms with van der Waals surface area (Å²) in [5.74, 6) is -0.629. The molecule has 22 heavy (non-hydrogen) atoms. The maximum Gasteiger partial charge on any atom is 0.331 e. The number of aliphatic carboxylic acids is 1. The minimum absolute atomic E-state index is 0.0874. The molecule has 0 saturated heterocycles. The van der Waals surface area contributed by atoms with E-state index in [1.165, 1.54) is 37.2 Å².